The Morgan fingerprint density at radius 2 is 1.95 bits per heavy atom. The fourth-order valence-electron chi connectivity index (χ4n) is 6.18. The summed E-state index contributed by atoms with van der Waals surface area (Å²) in [5, 5.41) is 7.45. The molecule has 208 valence electrons. The van der Waals surface area contributed by atoms with E-state index >= 15 is 0 Å². The van der Waals surface area contributed by atoms with E-state index in [2.05, 4.69) is 15.6 Å². The number of likely N-dealkylation sites (tertiary alicyclic amines) is 1. The summed E-state index contributed by atoms with van der Waals surface area (Å²) in [4.78, 5) is 59.1. The van der Waals surface area contributed by atoms with Crippen LogP contribution in [0.5, 0.6) is 0 Å². The zero-order valence-corrected chi connectivity index (χ0v) is 22.8. The number of carbonyl (C=O) groups excluding carboxylic acids is 4. The molecule has 0 spiro atoms. The second-order valence-electron chi connectivity index (χ2n) is 11.7. The maximum absolute atomic E-state index is 14.2. The summed E-state index contributed by atoms with van der Waals surface area (Å²) in [7, 11) is 0. The molecule has 6 atom stereocenters. The number of nitrogens with one attached hydrogen (secondary N) is 2. The van der Waals surface area contributed by atoms with Crippen molar-refractivity contribution < 1.29 is 28.7 Å². The summed E-state index contributed by atoms with van der Waals surface area (Å²) in [6.45, 7) is 7.80. The molecule has 1 saturated carbocycles. The predicted molar refractivity (Wildman–Crippen MR) is 142 cm³/mol. The third-order valence-corrected chi connectivity index (χ3v) is 8.01. The van der Waals surface area contributed by atoms with E-state index < -0.39 is 41.7 Å². The molecule has 10 nitrogen and oxygen atoms in total. The molecule has 2 aromatic rings. The number of piperidine rings is 1. The molecule has 2 saturated heterocycles. The van der Waals surface area contributed by atoms with Crippen molar-refractivity contribution in [1.29, 1.82) is 0 Å². The number of hydrogen-bond donors (Lipinski definition) is 2. The fraction of sp³-hybridized carbons (Fsp3) is 0.552. The summed E-state index contributed by atoms with van der Waals surface area (Å²) in [5.41, 5.74) is -0.383. The quantitative estimate of drug-likeness (QED) is 0.521. The van der Waals surface area contributed by atoms with Crippen LogP contribution in [-0.2, 0) is 23.9 Å². The normalized spacial score (nSPS) is 26.9. The maximum Gasteiger partial charge on any atom is 0.310 e. The topological polar surface area (TPSA) is 127 Å². The minimum atomic E-state index is -0.881. The highest BCUT2D eigenvalue weighted by Crippen LogP contribution is 2.44. The highest BCUT2D eigenvalue weighted by molar-refractivity contribution is 6.06. The van der Waals surface area contributed by atoms with E-state index in [4.69, 9.17) is 9.47 Å². The summed E-state index contributed by atoms with van der Waals surface area (Å²) < 4.78 is 10.7. The number of rotatable bonds is 7. The zero-order valence-electron chi connectivity index (χ0n) is 22.8. The van der Waals surface area contributed by atoms with E-state index in [9.17, 15) is 19.2 Å². The van der Waals surface area contributed by atoms with Crippen molar-refractivity contribution in [2.75, 3.05) is 6.61 Å². The van der Waals surface area contributed by atoms with E-state index in [1.165, 1.54) is 0 Å². The first-order valence-corrected chi connectivity index (χ1v) is 13.7. The number of cyclic esters (lactones) is 1. The minimum absolute atomic E-state index is 0.0126. The van der Waals surface area contributed by atoms with E-state index in [0.29, 0.717) is 12.0 Å². The van der Waals surface area contributed by atoms with Gasteiger partial charge >= 0.3 is 5.97 Å². The fourth-order valence-corrected chi connectivity index (χ4v) is 6.18. The molecule has 39 heavy (non-hydrogen) atoms. The molecule has 3 amide bonds. The second-order valence-corrected chi connectivity index (χ2v) is 11.7. The molecule has 1 aromatic carbocycles. The Bertz CT molecular complexity index is 1280. The number of ether oxygens (including phenoxy) is 2. The molecule has 0 radical (unpaired) electrons. The number of amides is 3. The van der Waals surface area contributed by atoms with Gasteiger partial charge in [0.15, 0.2) is 0 Å². The van der Waals surface area contributed by atoms with Crippen molar-refractivity contribution in [3.8, 4) is 0 Å². The Labute approximate surface area is 227 Å². The van der Waals surface area contributed by atoms with Gasteiger partial charge in [-0.1, -0.05) is 45.0 Å². The molecule has 2 N–H and O–H groups in total. The summed E-state index contributed by atoms with van der Waals surface area (Å²) in [5.74, 6) is -1.47. The molecule has 2 aliphatic heterocycles. The van der Waals surface area contributed by atoms with Gasteiger partial charge in [0.1, 0.15) is 23.8 Å². The van der Waals surface area contributed by atoms with E-state index in [0.717, 1.165) is 24.6 Å². The van der Waals surface area contributed by atoms with Crippen molar-refractivity contribution in [2.45, 2.75) is 83.8 Å². The maximum atomic E-state index is 14.2. The first-order chi connectivity index (χ1) is 18.6. The predicted octanol–water partition coefficient (Wildman–Crippen LogP) is 2.55. The molecule has 3 heterocycles. The molecule has 1 aliphatic carbocycles. The lowest BCUT2D eigenvalue weighted by atomic mass is 9.84. The van der Waals surface area contributed by atoms with Crippen LogP contribution in [-0.4, -0.2) is 70.6 Å². The van der Waals surface area contributed by atoms with Crippen molar-refractivity contribution >= 4 is 34.5 Å². The van der Waals surface area contributed by atoms with Gasteiger partial charge in [-0.25, -0.2) is 0 Å². The number of carbonyl (C=O) groups is 4. The first kappa shape index (κ1) is 27.1. The van der Waals surface area contributed by atoms with Crippen LogP contribution >= 0.6 is 0 Å². The lowest BCUT2D eigenvalue weighted by Gasteiger charge is -2.40. The average Bonchev–Trinajstić information content (AvgIpc) is 3.60. The SMILES string of the molecule is CCO[C@@H]1OC(=O)CC1NC(=O)[C@@H]1[C@H]2CC[C@H](C2)N1C(=O)[C@@H](NC(=O)c1nccc2ccccc12)C(C)(C)C. The highest BCUT2D eigenvalue weighted by Gasteiger charge is 2.54. The van der Waals surface area contributed by atoms with Gasteiger partial charge in [0.25, 0.3) is 5.91 Å². The van der Waals surface area contributed by atoms with Gasteiger partial charge < -0.3 is 25.0 Å². The first-order valence-electron chi connectivity index (χ1n) is 13.7. The number of pyridine rings is 1. The van der Waals surface area contributed by atoms with Crippen LogP contribution in [0.3, 0.4) is 0 Å². The summed E-state index contributed by atoms with van der Waals surface area (Å²) >= 11 is 0. The van der Waals surface area contributed by atoms with Gasteiger partial charge in [0, 0.05) is 24.2 Å². The summed E-state index contributed by atoms with van der Waals surface area (Å²) in [6, 6.07) is 7.04. The molecular formula is C29H36N4O6. The molecule has 1 aromatic heterocycles. The number of nitrogens with zero attached hydrogens (tertiary/aromatic N) is 2. The molecule has 10 heteroatoms. The standard InChI is InChI=1S/C29H36N4O6/c1-5-38-28-20(15-21(34)39-28)31-26(36)23-17-10-11-18(14-17)33(23)27(37)24(29(2,3)4)32-25(35)22-19-9-7-6-8-16(19)12-13-30-22/h6-9,12-13,17-18,20,23-24,28H,5,10-11,14-15H2,1-4H3,(H,31,36)(H,32,35)/t17-,18+,20?,23-,24+,28+/m0/s1. The molecule has 1 unspecified atom stereocenters. The third kappa shape index (κ3) is 5.22. The van der Waals surface area contributed by atoms with Gasteiger partial charge in [0.2, 0.25) is 18.1 Å². The van der Waals surface area contributed by atoms with Gasteiger partial charge in [-0.05, 0) is 49.0 Å². The monoisotopic (exact) mass is 536 g/mol. The molecule has 3 fully saturated rings. The van der Waals surface area contributed by atoms with Gasteiger partial charge in [-0.3, -0.25) is 24.2 Å². The highest BCUT2D eigenvalue weighted by atomic mass is 16.7. The lowest BCUT2D eigenvalue weighted by Crippen LogP contribution is -2.62. The Hall–Kier alpha value is -3.53. The summed E-state index contributed by atoms with van der Waals surface area (Å²) in [6.07, 6.45) is 3.14. The van der Waals surface area contributed by atoms with Crippen molar-refractivity contribution in [3.05, 3.63) is 42.2 Å². The van der Waals surface area contributed by atoms with Gasteiger partial charge in [-0.2, -0.15) is 0 Å². The smallest absolute Gasteiger partial charge is 0.310 e. The van der Waals surface area contributed by atoms with Crippen molar-refractivity contribution in [1.82, 2.24) is 20.5 Å². The molecule has 5 rings (SSSR count). The average molecular weight is 537 g/mol. The van der Waals surface area contributed by atoms with Gasteiger partial charge in [0.05, 0.1) is 6.42 Å². The van der Waals surface area contributed by atoms with Crippen LogP contribution in [0.1, 0.15) is 63.9 Å². The Morgan fingerprint density at radius 3 is 2.69 bits per heavy atom. The number of aromatic nitrogens is 1. The zero-order chi connectivity index (χ0) is 27.9. The van der Waals surface area contributed by atoms with Gasteiger partial charge in [-0.15, -0.1) is 0 Å². The second kappa shape index (κ2) is 10.6. The lowest BCUT2D eigenvalue weighted by molar-refractivity contribution is -0.165. The number of hydrogen-bond acceptors (Lipinski definition) is 7. The van der Waals surface area contributed by atoms with E-state index in [-0.39, 0.29) is 35.9 Å². The van der Waals surface area contributed by atoms with Crippen LogP contribution in [0.15, 0.2) is 36.5 Å². The Morgan fingerprint density at radius 1 is 1.18 bits per heavy atom. The largest absolute Gasteiger partial charge is 0.433 e. The molecule has 3 aliphatic rings. The van der Waals surface area contributed by atoms with E-state index in [1.807, 2.05) is 51.1 Å². The van der Waals surface area contributed by atoms with Crippen LogP contribution in [0.4, 0.5) is 0 Å². The number of esters is 1. The Kier molecular flexibility index (Phi) is 7.33. The van der Waals surface area contributed by atoms with Crippen LogP contribution in [0.25, 0.3) is 10.8 Å². The van der Waals surface area contributed by atoms with Crippen molar-refractivity contribution in [3.63, 3.8) is 0 Å². The molecule has 2 bridgehead atoms. The minimum Gasteiger partial charge on any atom is -0.433 e. The van der Waals surface area contributed by atoms with Crippen LogP contribution in [0, 0.1) is 11.3 Å². The van der Waals surface area contributed by atoms with Crippen molar-refractivity contribution in [2.24, 2.45) is 11.3 Å². The van der Waals surface area contributed by atoms with Crippen LogP contribution in [0.2, 0.25) is 0 Å². The third-order valence-electron chi connectivity index (χ3n) is 8.01. The molecular weight excluding hydrogens is 500 g/mol. The van der Waals surface area contributed by atoms with E-state index in [1.54, 1.807) is 18.0 Å². The number of fused-ring (bicyclic) bond motifs is 3. The van der Waals surface area contributed by atoms with Crippen LogP contribution < -0.4 is 10.6 Å². The Balaban J connectivity index is 1.38. The number of benzene rings is 1.